The van der Waals surface area contributed by atoms with Crippen LogP contribution >= 0.6 is 0 Å². The quantitative estimate of drug-likeness (QED) is 0.830. The van der Waals surface area contributed by atoms with E-state index in [0.29, 0.717) is 18.8 Å². The monoisotopic (exact) mass is 326 g/mol. The summed E-state index contributed by atoms with van der Waals surface area (Å²) in [4.78, 5) is 19.2. The van der Waals surface area contributed by atoms with E-state index in [9.17, 15) is 4.79 Å². The molecule has 128 valence electrons. The Morgan fingerprint density at radius 1 is 1.33 bits per heavy atom. The van der Waals surface area contributed by atoms with E-state index in [4.69, 9.17) is 0 Å². The minimum absolute atomic E-state index is 0.0769. The molecule has 0 spiro atoms. The highest BCUT2D eigenvalue weighted by molar-refractivity contribution is 5.94. The van der Waals surface area contributed by atoms with Crippen molar-refractivity contribution in [1.29, 1.82) is 0 Å². The third-order valence-corrected chi connectivity index (χ3v) is 4.43. The second-order valence-corrected chi connectivity index (χ2v) is 6.69. The van der Waals surface area contributed by atoms with Crippen LogP contribution < -0.4 is 5.32 Å². The van der Waals surface area contributed by atoms with Crippen LogP contribution in [0.1, 0.15) is 48.3 Å². The van der Waals surface area contributed by atoms with Crippen molar-refractivity contribution in [2.45, 2.75) is 38.6 Å². The van der Waals surface area contributed by atoms with E-state index in [-0.39, 0.29) is 5.91 Å². The van der Waals surface area contributed by atoms with Gasteiger partial charge < -0.3 is 14.6 Å². The molecule has 0 radical (unpaired) electrons. The maximum Gasteiger partial charge on any atom is 0.271 e. The number of carbonyl (C=O) groups is 1. The zero-order chi connectivity index (χ0) is 16.9. The first-order valence-corrected chi connectivity index (χ1v) is 8.72. The molecular formula is C19H26N4O. The Kier molecular flexibility index (Phi) is 5.30. The van der Waals surface area contributed by atoms with Gasteiger partial charge in [-0.2, -0.15) is 0 Å². The maximum atomic E-state index is 12.6. The van der Waals surface area contributed by atoms with E-state index in [1.165, 1.54) is 31.3 Å². The lowest BCUT2D eigenvalue weighted by Crippen LogP contribution is -2.27. The second-order valence-electron chi connectivity index (χ2n) is 6.69. The van der Waals surface area contributed by atoms with Crippen molar-refractivity contribution in [3.8, 4) is 0 Å². The number of aromatic nitrogens is 2. The number of pyridine rings is 1. The molecule has 2 aromatic rings. The smallest absolute Gasteiger partial charge is 0.271 e. The zero-order valence-corrected chi connectivity index (χ0v) is 14.6. The van der Waals surface area contributed by atoms with Crippen LogP contribution in [-0.2, 0) is 6.54 Å². The van der Waals surface area contributed by atoms with Gasteiger partial charge in [-0.3, -0.25) is 4.79 Å². The van der Waals surface area contributed by atoms with Crippen molar-refractivity contribution in [1.82, 2.24) is 19.6 Å². The fourth-order valence-corrected chi connectivity index (χ4v) is 3.23. The van der Waals surface area contributed by atoms with Crippen LogP contribution in [0.3, 0.4) is 0 Å². The molecule has 24 heavy (non-hydrogen) atoms. The van der Waals surface area contributed by atoms with Crippen LogP contribution in [0, 0.1) is 0 Å². The molecule has 0 atom stereocenters. The van der Waals surface area contributed by atoms with Gasteiger partial charge in [-0.05, 0) is 58.3 Å². The number of nitrogens with zero attached hydrogens (tertiary/aromatic N) is 3. The number of carbonyl (C=O) groups excluding carboxylic acids is 1. The third-order valence-electron chi connectivity index (χ3n) is 4.43. The lowest BCUT2D eigenvalue weighted by Gasteiger charge is -2.13. The number of hydrogen-bond acceptors (Lipinski definition) is 3. The first-order valence-electron chi connectivity index (χ1n) is 8.72. The molecule has 0 saturated heterocycles. The van der Waals surface area contributed by atoms with Gasteiger partial charge >= 0.3 is 0 Å². The molecule has 0 fully saturated rings. The van der Waals surface area contributed by atoms with Crippen molar-refractivity contribution in [3.05, 3.63) is 47.4 Å². The number of rotatable bonds is 6. The van der Waals surface area contributed by atoms with Crippen molar-refractivity contribution in [3.63, 3.8) is 0 Å². The minimum Gasteiger partial charge on any atom is -0.350 e. The Morgan fingerprint density at radius 3 is 2.96 bits per heavy atom. The largest absolute Gasteiger partial charge is 0.350 e. The molecule has 2 heterocycles. The minimum atomic E-state index is -0.0769. The lowest BCUT2D eigenvalue weighted by atomic mass is 9.97. The Bertz CT molecular complexity index is 745. The summed E-state index contributed by atoms with van der Waals surface area (Å²) in [6.45, 7) is 1.36. The fraction of sp³-hybridized carbons (Fsp3) is 0.474. The van der Waals surface area contributed by atoms with Crippen LogP contribution in [-0.4, -0.2) is 40.8 Å². The molecule has 0 aromatic carbocycles. The van der Waals surface area contributed by atoms with Gasteiger partial charge in [-0.1, -0.05) is 17.7 Å². The summed E-state index contributed by atoms with van der Waals surface area (Å²) in [7, 11) is 4.00. The van der Waals surface area contributed by atoms with Gasteiger partial charge in [0.1, 0.15) is 5.65 Å². The molecule has 0 saturated carbocycles. The van der Waals surface area contributed by atoms with Crippen LogP contribution in [0.15, 0.2) is 36.0 Å². The predicted octanol–water partition coefficient (Wildman–Crippen LogP) is 3.02. The first kappa shape index (κ1) is 16.7. The van der Waals surface area contributed by atoms with Crippen LogP contribution in [0.5, 0.6) is 0 Å². The van der Waals surface area contributed by atoms with E-state index in [1.54, 1.807) is 0 Å². The molecule has 0 bridgehead atoms. The Hall–Kier alpha value is -2.14. The molecule has 0 unspecified atom stereocenters. The van der Waals surface area contributed by atoms with E-state index in [0.717, 1.165) is 17.8 Å². The Labute approximate surface area is 143 Å². The Balaban J connectivity index is 1.72. The second kappa shape index (κ2) is 7.62. The summed E-state index contributed by atoms with van der Waals surface area (Å²) in [5, 5.41) is 3.05. The van der Waals surface area contributed by atoms with Gasteiger partial charge in [-0.25, -0.2) is 4.98 Å². The summed E-state index contributed by atoms with van der Waals surface area (Å²) in [5.41, 5.74) is 3.76. The van der Waals surface area contributed by atoms with E-state index in [2.05, 4.69) is 21.3 Å². The van der Waals surface area contributed by atoms with Crippen molar-refractivity contribution in [2.75, 3.05) is 20.6 Å². The van der Waals surface area contributed by atoms with E-state index >= 15 is 0 Å². The molecule has 0 aliphatic heterocycles. The number of nitrogens with one attached hydrogen (secondary N) is 1. The summed E-state index contributed by atoms with van der Waals surface area (Å²) in [6, 6.07) is 5.84. The Morgan fingerprint density at radius 2 is 2.21 bits per heavy atom. The first-order chi connectivity index (χ1) is 11.6. The third kappa shape index (κ3) is 3.85. The normalized spacial score (nSPS) is 14.9. The molecule has 1 N–H and O–H groups in total. The predicted molar refractivity (Wildman–Crippen MR) is 96.1 cm³/mol. The highest BCUT2D eigenvalue weighted by atomic mass is 16.1. The number of allylic oxidation sites excluding steroid dienone is 1. The number of amides is 1. The van der Waals surface area contributed by atoms with Crippen molar-refractivity contribution >= 4 is 11.6 Å². The fourth-order valence-electron chi connectivity index (χ4n) is 3.23. The highest BCUT2D eigenvalue weighted by Gasteiger charge is 2.19. The summed E-state index contributed by atoms with van der Waals surface area (Å²) in [5.74, 6) is -0.0769. The molecular weight excluding hydrogens is 300 g/mol. The maximum absolute atomic E-state index is 12.6. The summed E-state index contributed by atoms with van der Waals surface area (Å²) < 4.78 is 2.00. The zero-order valence-electron chi connectivity index (χ0n) is 14.6. The molecule has 5 nitrogen and oxygen atoms in total. The number of imidazole rings is 1. The molecule has 1 amide bonds. The van der Waals surface area contributed by atoms with Crippen LogP contribution in [0.25, 0.3) is 5.65 Å². The average Bonchev–Trinajstić information content (AvgIpc) is 2.94. The van der Waals surface area contributed by atoms with Gasteiger partial charge in [0.25, 0.3) is 5.91 Å². The van der Waals surface area contributed by atoms with Crippen LogP contribution in [0.2, 0.25) is 0 Å². The van der Waals surface area contributed by atoms with E-state index < -0.39 is 0 Å². The SMILES string of the molecule is CN(C)Cc1c(C(=O)NCCC2=CCCCC2)nc2ccccn12. The summed E-state index contributed by atoms with van der Waals surface area (Å²) >= 11 is 0. The molecule has 5 heteroatoms. The van der Waals surface area contributed by atoms with Gasteiger partial charge in [0.15, 0.2) is 5.69 Å². The molecule has 2 aromatic heterocycles. The molecule has 1 aliphatic rings. The summed E-state index contributed by atoms with van der Waals surface area (Å²) in [6.07, 6.45) is 10.2. The van der Waals surface area contributed by atoms with Gasteiger partial charge in [0.05, 0.1) is 5.69 Å². The topological polar surface area (TPSA) is 49.6 Å². The molecule has 1 aliphatic carbocycles. The van der Waals surface area contributed by atoms with Crippen molar-refractivity contribution < 1.29 is 4.79 Å². The highest BCUT2D eigenvalue weighted by Crippen LogP contribution is 2.19. The number of fused-ring (bicyclic) bond motifs is 1. The van der Waals surface area contributed by atoms with Gasteiger partial charge in [-0.15, -0.1) is 0 Å². The van der Waals surface area contributed by atoms with E-state index in [1.807, 2.05) is 42.9 Å². The molecule has 3 rings (SSSR count). The number of hydrogen-bond donors (Lipinski definition) is 1. The lowest BCUT2D eigenvalue weighted by molar-refractivity contribution is 0.0948. The average molecular weight is 326 g/mol. The standard InChI is InChI=1S/C19H26N4O/c1-22(2)14-16-18(21-17-10-6-7-13-23(16)17)19(24)20-12-11-15-8-4-3-5-9-15/h6-8,10,13H,3-5,9,11-12,14H2,1-2H3,(H,20,24). The van der Waals surface area contributed by atoms with Gasteiger partial charge in [0.2, 0.25) is 0 Å². The van der Waals surface area contributed by atoms with Gasteiger partial charge in [0, 0.05) is 19.3 Å². The van der Waals surface area contributed by atoms with Crippen molar-refractivity contribution in [2.24, 2.45) is 0 Å². The van der Waals surface area contributed by atoms with Crippen LogP contribution in [0.4, 0.5) is 0 Å².